The van der Waals surface area contributed by atoms with Gasteiger partial charge in [-0.05, 0) is 113 Å². The molecule has 8 heteroatoms. The zero-order valence-corrected chi connectivity index (χ0v) is 24.0. The van der Waals surface area contributed by atoms with E-state index < -0.39 is 11.6 Å². The molecule has 40 heavy (non-hydrogen) atoms. The molecule has 0 saturated carbocycles. The van der Waals surface area contributed by atoms with Gasteiger partial charge in [0.15, 0.2) is 0 Å². The number of ether oxygens (including phenoxy) is 1. The van der Waals surface area contributed by atoms with Gasteiger partial charge < -0.3 is 19.6 Å². The molecule has 2 atom stereocenters. The average Bonchev–Trinajstić information content (AvgIpc) is 3.40. The van der Waals surface area contributed by atoms with Crippen LogP contribution in [0.2, 0.25) is 0 Å². The van der Waals surface area contributed by atoms with Crippen LogP contribution in [-0.4, -0.2) is 54.5 Å². The summed E-state index contributed by atoms with van der Waals surface area (Å²) >= 11 is 0. The molecule has 2 saturated heterocycles. The molecule has 214 valence electrons. The van der Waals surface area contributed by atoms with E-state index in [1.807, 2.05) is 25.7 Å². The summed E-state index contributed by atoms with van der Waals surface area (Å²) in [4.78, 5) is 31.5. The number of fused-ring (bicyclic) bond motifs is 5. The number of piperidine rings is 1. The number of hydrogen-bond donors (Lipinski definition) is 1. The Morgan fingerprint density at radius 2 is 1.80 bits per heavy atom. The van der Waals surface area contributed by atoms with Gasteiger partial charge in [0, 0.05) is 25.3 Å². The van der Waals surface area contributed by atoms with Gasteiger partial charge in [0.25, 0.3) is 0 Å². The van der Waals surface area contributed by atoms with Crippen LogP contribution in [0.3, 0.4) is 0 Å². The molecule has 7 nitrogen and oxygen atoms in total. The Morgan fingerprint density at radius 1 is 1.05 bits per heavy atom. The highest BCUT2D eigenvalue weighted by Crippen LogP contribution is 2.54. The number of anilines is 3. The van der Waals surface area contributed by atoms with Crippen LogP contribution in [0.25, 0.3) is 0 Å². The lowest BCUT2D eigenvalue weighted by Crippen LogP contribution is -2.56. The minimum Gasteiger partial charge on any atom is -0.481 e. The first-order chi connectivity index (χ1) is 18.9. The van der Waals surface area contributed by atoms with Crippen molar-refractivity contribution >= 4 is 29.1 Å². The number of carbonyl (C=O) groups is 2. The van der Waals surface area contributed by atoms with Crippen molar-refractivity contribution in [3.05, 3.63) is 53.3 Å². The summed E-state index contributed by atoms with van der Waals surface area (Å²) in [7, 11) is 0. The molecule has 1 aliphatic carbocycles. The molecule has 2 fully saturated rings. The molecule has 1 spiro atoms. The maximum absolute atomic E-state index is 14.3. The van der Waals surface area contributed by atoms with Gasteiger partial charge in [-0.25, -0.2) is 9.18 Å². The molecule has 1 amide bonds. The van der Waals surface area contributed by atoms with Gasteiger partial charge in [0.2, 0.25) is 0 Å². The molecule has 0 unspecified atom stereocenters. The normalized spacial score (nSPS) is 25.0. The molecule has 0 bridgehead atoms. The number of nitrogens with zero attached hydrogens (tertiary/aromatic N) is 3. The topological polar surface area (TPSA) is 73.3 Å². The second-order valence-electron chi connectivity index (χ2n) is 13.5. The van der Waals surface area contributed by atoms with Gasteiger partial charge in [0.05, 0.1) is 29.9 Å². The summed E-state index contributed by atoms with van der Waals surface area (Å²) in [6.45, 7) is 11.1. The predicted molar refractivity (Wildman–Crippen MR) is 154 cm³/mol. The number of aliphatic carboxylic acids is 1. The average molecular weight is 550 g/mol. The minimum atomic E-state index is -0.807. The van der Waals surface area contributed by atoms with Crippen LogP contribution in [-0.2, 0) is 14.9 Å². The zero-order chi connectivity index (χ0) is 28.4. The summed E-state index contributed by atoms with van der Waals surface area (Å²) < 4.78 is 20.1. The van der Waals surface area contributed by atoms with Crippen molar-refractivity contribution in [3.8, 4) is 0 Å². The third kappa shape index (κ3) is 4.59. The van der Waals surface area contributed by atoms with E-state index in [0.717, 1.165) is 79.9 Å². The fourth-order valence-corrected chi connectivity index (χ4v) is 7.75. The maximum atomic E-state index is 14.3. The number of hydrogen-bond acceptors (Lipinski definition) is 5. The lowest BCUT2D eigenvalue weighted by atomic mass is 9.73. The lowest BCUT2D eigenvalue weighted by Gasteiger charge is -2.47. The highest BCUT2D eigenvalue weighted by Gasteiger charge is 2.48. The van der Waals surface area contributed by atoms with Crippen molar-refractivity contribution in [3.63, 3.8) is 0 Å². The predicted octanol–water partition coefficient (Wildman–Crippen LogP) is 6.44. The Morgan fingerprint density at radius 3 is 2.50 bits per heavy atom. The first-order valence-corrected chi connectivity index (χ1v) is 14.6. The summed E-state index contributed by atoms with van der Waals surface area (Å²) in [6.07, 6.45) is 4.34. The quantitative estimate of drug-likeness (QED) is 0.475. The Kier molecular flexibility index (Phi) is 6.31. The molecule has 0 radical (unpaired) electrons. The Bertz CT molecular complexity index is 1350. The summed E-state index contributed by atoms with van der Waals surface area (Å²) in [5, 5.41) is 9.50. The lowest BCUT2D eigenvalue weighted by molar-refractivity contribution is -0.137. The summed E-state index contributed by atoms with van der Waals surface area (Å²) in [5.74, 6) is -1.14. The van der Waals surface area contributed by atoms with Crippen LogP contribution in [0.15, 0.2) is 36.4 Å². The number of benzene rings is 2. The van der Waals surface area contributed by atoms with Crippen LogP contribution < -0.4 is 14.7 Å². The van der Waals surface area contributed by atoms with E-state index in [9.17, 15) is 19.1 Å². The number of halogens is 1. The molecule has 3 heterocycles. The maximum Gasteiger partial charge on any atom is 0.414 e. The van der Waals surface area contributed by atoms with Gasteiger partial charge in [-0.15, -0.1) is 0 Å². The molecule has 2 aromatic rings. The Labute approximate surface area is 235 Å². The number of amides is 1. The smallest absolute Gasteiger partial charge is 0.414 e. The molecule has 4 aliphatic rings. The van der Waals surface area contributed by atoms with Crippen molar-refractivity contribution in [2.75, 3.05) is 40.9 Å². The van der Waals surface area contributed by atoms with Crippen molar-refractivity contribution in [2.45, 2.75) is 88.7 Å². The standard InChI is InChI=1S/C32H40FN3O4/c1-30(2,3)40-29(39)35-20-31(4)10-5-13-36(31)27-18-23(7-9-26(27)35)34-14-11-32(12-15-34)19-21(16-28(37)38)24-8-6-22(33)17-25(24)32/h6-9,17-18,21H,5,10-16,19-20H2,1-4H3,(H,37,38)/t21-,31+/m1/s1. The number of carbonyl (C=O) groups excluding carboxylic acids is 1. The van der Waals surface area contributed by atoms with E-state index in [0.29, 0.717) is 6.54 Å². The van der Waals surface area contributed by atoms with Crippen molar-refractivity contribution in [2.24, 2.45) is 0 Å². The van der Waals surface area contributed by atoms with Crippen molar-refractivity contribution in [1.82, 2.24) is 0 Å². The highest BCUT2D eigenvalue weighted by molar-refractivity contribution is 5.95. The first kappa shape index (κ1) is 26.9. The van der Waals surface area contributed by atoms with E-state index in [2.05, 4.69) is 34.9 Å². The third-order valence-electron chi connectivity index (χ3n) is 9.57. The van der Waals surface area contributed by atoms with Gasteiger partial charge in [-0.2, -0.15) is 0 Å². The van der Waals surface area contributed by atoms with E-state index in [-0.39, 0.29) is 35.2 Å². The second-order valence-corrected chi connectivity index (χ2v) is 13.5. The van der Waals surface area contributed by atoms with Crippen LogP contribution in [0.5, 0.6) is 0 Å². The van der Waals surface area contributed by atoms with E-state index in [4.69, 9.17) is 4.74 Å². The molecular weight excluding hydrogens is 509 g/mol. The first-order valence-electron chi connectivity index (χ1n) is 14.6. The highest BCUT2D eigenvalue weighted by atomic mass is 19.1. The van der Waals surface area contributed by atoms with Gasteiger partial charge >= 0.3 is 12.1 Å². The molecule has 0 aromatic heterocycles. The molecular formula is C32H40FN3O4. The van der Waals surface area contributed by atoms with Crippen molar-refractivity contribution in [1.29, 1.82) is 0 Å². The molecule has 2 aromatic carbocycles. The molecule has 3 aliphatic heterocycles. The Hall–Kier alpha value is -3.29. The summed E-state index contributed by atoms with van der Waals surface area (Å²) in [5.41, 5.74) is 4.20. The molecule has 1 N–H and O–H groups in total. The van der Waals surface area contributed by atoms with E-state index in [1.54, 1.807) is 12.1 Å². The fraction of sp³-hybridized carbons (Fsp3) is 0.562. The van der Waals surface area contributed by atoms with Crippen LogP contribution in [0.4, 0.5) is 26.2 Å². The Balaban J connectivity index is 1.27. The zero-order valence-electron chi connectivity index (χ0n) is 24.0. The van der Waals surface area contributed by atoms with Gasteiger partial charge in [0.1, 0.15) is 11.4 Å². The van der Waals surface area contributed by atoms with Gasteiger partial charge in [-0.3, -0.25) is 9.69 Å². The number of carboxylic acids is 1. The summed E-state index contributed by atoms with van der Waals surface area (Å²) in [6, 6.07) is 11.3. The number of rotatable bonds is 3. The van der Waals surface area contributed by atoms with E-state index >= 15 is 0 Å². The van der Waals surface area contributed by atoms with E-state index in [1.165, 1.54) is 6.07 Å². The van der Waals surface area contributed by atoms with Crippen LogP contribution in [0, 0.1) is 5.82 Å². The van der Waals surface area contributed by atoms with Crippen LogP contribution >= 0.6 is 0 Å². The third-order valence-corrected chi connectivity index (χ3v) is 9.57. The largest absolute Gasteiger partial charge is 0.481 e. The fourth-order valence-electron chi connectivity index (χ4n) is 7.75. The monoisotopic (exact) mass is 549 g/mol. The molecule has 6 rings (SSSR count). The van der Waals surface area contributed by atoms with Crippen LogP contribution in [0.1, 0.15) is 83.3 Å². The van der Waals surface area contributed by atoms with Crippen molar-refractivity contribution < 1.29 is 23.8 Å². The SMILES string of the molecule is CC(C)(C)OC(=O)N1C[C@]2(C)CCCN2c2cc(N3CCC4(CC3)C[C@@H](CC(=O)O)c3ccc(F)cc34)ccc21. The minimum absolute atomic E-state index is 0.0740. The number of carboxylic acid groups (broad SMARTS) is 1. The second kappa shape index (κ2) is 9.38. The van der Waals surface area contributed by atoms with Gasteiger partial charge in [-0.1, -0.05) is 6.07 Å².